The van der Waals surface area contributed by atoms with Gasteiger partial charge < -0.3 is 39.6 Å². The van der Waals surface area contributed by atoms with Crippen LogP contribution in [0, 0.1) is 0 Å². The van der Waals surface area contributed by atoms with Crippen molar-refractivity contribution in [3.05, 3.63) is 0 Å². The zero-order chi connectivity index (χ0) is 29.8. The summed E-state index contributed by atoms with van der Waals surface area (Å²) in [7, 11) is 0. The maximum atomic E-state index is 10.1. The Bertz CT molecular complexity index is 792. The van der Waals surface area contributed by atoms with Crippen LogP contribution >= 0.6 is 0 Å². The Balaban J connectivity index is -0.000000122. The van der Waals surface area contributed by atoms with Gasteiger partial charge in [0.05, 0.1) is 25.7 Å². The number of ketones is 8. The molecule has 1 radical (unpaired) electrons. The molecule has 0 aliphatic heterocycles. The third-order valence-corrected chi connectivity index (χ3v) is 2.55. The molecule has 0 aliphatic carbocycles. The van der Waals surface area contributed by atoms with Gasteiger partial charge in [-0.1, -0.05) is 0 Å². The van der Waals surface area contributed by atoms with Crippen molar-refractivity contribution in [1.82, 2.24) is 0 Å². The molecule has 0 aliphatic rings. The molecule has 17 heteroatoms. The summed E-state index contributed by atoms with van der Waals surface area (Å²) in [4.78, 5) is 119. The van der Waals surface area contributed by atoms with E-state index in [2.05, 4.69) is 0 Å². The number of hydrogen-bond acceptors (Lipinski definition) is 16. The van der Waals surface area contributed by atoms with Crippen molar-refractivity contribution < 1.29 is 98.1 Å². The first-order valence-electron chi connectivity index (χ1n) is 9.09. The molecule has 0 saturated heterocycles. The molecule has 0 unspecified atom stereocenters. The molecule has 0 N–H and O–H groups in total. The molecule has 0 fully saturated rings. The molecule has 0 bridgehead atoms. The summed E-state index contributed by atoms with van der Waals surface area (Å²) < 4.78 is 0. The maximum Gasteiger partial charge on any atom is 4.00 e. The van der Waals surface area contributed by atoms with E-state index in [1.165, 1.54) is 0 Å². The van der Waals surface area contributed by atoms with Crippen molar-refractivity contribution in [2.24, 2.45) is 0 Å². The van der Waals surface area contributed by atoms with E-state index >= 15 is 0 Å². The first kappa shape index (κ1) is 43.0. The van der Waals surface area contributed by atoms with Crippen LogP contribution in [0.5, 0.6) is 0 Å². The van der Waals surface area contributed by atoms with Gasteiger partial charge in [-0.25, -0.2) is 0 Å². The van der Waals surface area contributed by atoms with Gasteiger partial charge in [0.25, 0.3) is 0 Å². The smallest absolute Gasteiger partial charge is 0.542 e. The number of carbonyl (C=O) groups excluding carboxylic acids is 12. The van der Waals surface area contributed by atoms with E-state index in [9.17, 15) is 78.0 Å². The second kappa shape index (κ2) is 23.6. The van der Waals surface area contributed by atoms with Crippen molar-refractivity contribution in [2.45, 2.75) is 53.4 Å². The minimum Gasteiger partial charge on any atom is -0.542 e. The molecular formula is C20H20IrO16. The third-order valence-electron chi connectivity index (χ3n) is 2.55. The second-order valence-electron chi connectivity index (χ2n) is 6.36. The molecule has 0 aromatic carbocycles. The molecule has 0 atom stereocenters. The first-order chi connectivity index (χ1) is 16.1. The number of hydrogen-bond donors (Lipinski definition) is 0. The monoisotopic (exact) mass is 709 g/mol. The SMILES string of the molecule is CC(=O)CC(=O)C(=O)[O-].CC(=O)CC(=O)C(=O)[O-].CC(=O)CC(=O)C(=O)[O-].CC(=O)CC(=O)C(=O)[O-].[Ir+4]. The molecule has 37 heavy (non-hydrogen) atoms. The molecule has 205 valence electrons. The second-order valence-corrected chi connectivity index (χ2v) is 6.36. The number of carbonyl (C=O) groups is 12. The van der Waals surface area contributed by atoms with Crippen molar-refractivity contribution in [3.8, 4) is 0 Å². The fourth-order valence-electron chi connectivity index (χ4n) is 1.19. The van der Waals surface area contributed by atoms with Crippen LogP contribution < -0.4 is 20.4 Å². The summed E-state index contributed by atoms with van der Waals surface area (Å²) in [5, 5.41) is 38.5. The molecule has 0 spiro atoms. The Morgan fingerprint density at radius 1 is 0.351 bits per heavy atom. The fraction of sp³-hybridized carbons (Fsp3) is 0.400. The number of rotatable bonds is 12. The maximum absolute atomic E-state index is 10.1. The van der Waals surface area contributed by atoms with E-state index in [1.807, 2.05) is 0 Å². The van der Waals surface area contributed by atoms with E-state index in [0.29, 0.717) is 0 Å². The van der Waals surface area contributed by atoms with Gasteiger partial charge in [-0.15, -0.1) is 0 Å². The number of Topliss-reactive ketones (excluding diaryl/α,β-unsaturated/α-hetero) is 8. The third kappa shape index (κ3) is 36.6. The standard InChI is InChI=1S/4C5H6O4.Ir/c4*1-3(6)2-4(7)5(8)9;/h4*2H2,1H3,(H,8,9);/q;;;;+4/p-4. The van der Waals surface area contributed by atoms with Gasteiger partial charge in [-0.3, -0.25) is 38.4 Å². The van der Waals surface area contributed by atoms with E-state index in [4.69, 9.17) is 0 Å². The predicted octanol–water partition coefficient (Wildman–Crippen LogP) is -6.86. The van der Waals surface area contributed by atoms with Gasteiger partial charge in [-0.05, 0) is 27.7 Å². The summed E-state index contributed by atoms with van der Waals surface area (Å²) in [6.45, 7) is 4.56. The Morgan fingerprint density at radius 3 is 0.486 bits per heavy atom. The van der Waals surface area contributed by atoms with Gasteiger partial charge in [0.1, 0.15) is 47.0 Å². The van der Waals surface area contributed by atoms with E-state index in [0.717, 1.165) is 27.7 Å². The van der Waals surface area contributed by atoms with E-state index < -0.39 is 95.8 Å². The normalized spacial score (nSPS) is 8.32. The summed E-state index contributed by atoms with van der Waals surface area (Å²) in [6.07, 6.45) is -2.27. The van der Waals surface area contributed by atoms with Gasteiger partial charge in [0.2, 0.25) is 0 Å². The van der Waals surface area contributed by atoms with Crippen molar-refractivity contribution in [2.75, 3.05) is 0 Å². The Morgan fingerprint density at radius 2 is 0.459 bits per heavy atom. The molecule has 0 rings (SSSR count). The average molecular weight is 709 g/mol. The van der Waals surface area contributed by atoms with Gasteiger partial charge >= 0.3 is 20.1 Å². The Labute approximate surface area is 221 Å². The Kier molecular flexibility index (Phi) is 27.5. The molecule has 0 heterocycles. The molecule has 16 nitrogen and oxygen atoms in total. The van der Waals surface area contributed by atoms with Crippen molar-refractivity contribution >= 4 is 70.1 Å². The molecule has 0 aromatic rings. The number of carboxylic acids is 4. The quantitative estimate of drug-likeness (QED) is 0.134. The molecule has 0 amide bonds. The van der Waals surface area contributed by atoms with Crippen LogP contribution in [-0.2, 0) is 77.6 Å². The average Bonchev–Trinajstić information content (AvgIpc) is 2.67. The zero-order valence-electron chi connectivity index (χ0n) is 19.7. The summed E-state index contributed by atoms with van der Waals surface area (Å²) >= 11 is 0. The molecule has 0 saturated carbocycles. The van der Waals surface area contributed by atoms with E-state index in [1.54, 1.807) is 0 Å². The van der Waals surface area contributed by atoms with Gasteiger partial charge in [-0.2, -0.15) is 0 Å². The summed E-state index contributed by atoms with van der Waals surface area (Å²) in [5.74, 6) is -13.7. The number of carboxylic acid groups (broad SMARTS) is 4. The summed E-state index contributed by atoms with van der Waals surface area (Å²) in [5.41, 5.74) is 0. The van der Waals surface area contributed by atoms with Gasteiger partial charge in [0, 0.05) is 0 Å². The van der Waals surface area contributed by atoms with Crippen molar-refractivity contribution in [3.63, 3.8) is 0 Å². The van der Waals surface area contributed by atoms with Gasteiger partial charge in [0.15, 0.2) is 23.1 Å². The fourth-order valence-corrected chi connectivity index (χ4v) is 1.19. The first-order valence-corrected chi connectivity index (χ1v) is 9.09. The minimum atomic E-state index is -1.80. The van der Waals surface area contributed by atoms with Crippen LogP contribution in [0.1, 0.15) is 53.4 Å². The molecule has 0 aromatic heterocycles. The largest absolute Gasteiger partial charge is 4.00 e. The minimum absolute atomic E-state index is 0. The van der Waals surface area contributed by atoms with Crippen LogP contribution in [0.4, 0.5) is 0 Å². The number of aliphatic carboxylic acids is 4. The van der Waals surface area contributed by atoms with Crippen LogP contribution in [0.2, 0.25) is 0 Å². The van der Waals surface area contributed by atoms with Crippen LogP contribution in [-0.4, -0.2) is 70.1 Å². The molecular weight excluding hydrogens is 688 g/mol. The topological polar surface area (TPSA) is 297 Å². The van der Waals surface area contributed by atoms with Crippen LogP contribution in [0.25, 0.3) is 0 Å². The van der Waals surface area contributed by atoms with Crippen LogP contribution in [0.15, 0.2) is 0 Å². The zero-order valence-corrected chi connectivity index (χ0v) is 22.1. The summed E-state index contributed by atoms with van der Waals surface area (Å²) in [6, 6.07) is 0. The van der Waals surface area contributed by atoms with Crippen LogP contribution in [0.3, 0.4) is 0 Å². The van der Waals surface area contributed by atoms with Crippen molar-refractivity contribution in [1.29, 1.82) is 0 Å². The predicted molar refractivity (Wildman–Crippen MR) is 101 cm³/mol. The Hall–Kier alpha value is -4.11. The van der Waals surface area contributed by atoms with E-state index in [-0.39, 0.29) is 20.1 Å².